The largest absolute Gasteiger partial charge is 0.326 e. The van der Waals surface area contributed by atoms with Crippen molar-refractivity contribution in [3.63, 3.8) is 0 Å². The van der Waals surface area contributed by atoms with Gasteiger partial charge in [0.25, 0.3) is 0 Å². The first kappa shape index (κ1) is 14.0. The van der Waals surface area contributed by atoms with E-state index < -0.39 is 0 Å². The highest BCUT2D eigenvalue weighted by Gasteiger charge is 2.00. The highest BCUT2D eigenvalue weighted by atomic mass is 16.1. The summed E-state index contributed by atoms with van der Waals surface area (Å²) in [6, 6.07) is 7.40. The molecule has 98 valence electrons. The van der Waals surface area contributed by atoms with E-state index in [2.05, 4.69) is 21.1 Å². The van der Waals surface area contributed by atoms with Crippen molar-refractivity contribution in [3.05, 3.63) is 24.3 Å². The number of aliphatic imine (C=N–C) groups is 1. The first-order valence-electron chi connectivity index (χ1n) is 5.70. The molecule has 0 aliphatic heterocycles. The molecule has 0 aliphatic carbocycles. The second-order valence-electron chi connectivity index (χ2n) is 4.10. The Balaban J connectivity index is 2.70. The number of carbonyl (C=O) groups is 1. The van der Waals surface area contributed by atoms with E-state index in [-0.39, 0.29) is 11.9 Å². The predicted octanol–water partition coefficient (Wildman–Crippen LogP) is 1.28. The molecule has 0 radical (unpaired) electrons. The van der Waals surface area contributed by atoms with Gasteiger partial charge in [0, 0.05) is 24.3 Å². The van der Waals surface area contributed by atoms with Gasteiger partial charge in [-0.2, -0.15) is 0 Å². The molecule has 1 amide bonds. The van der Waals surface area contributed by atoms with Gasteiger partial charge in [-0.05, 0) is 38.1 Å². The van der Waals surface area contributed by atoms with E-state index in [0.29, 0.717) is 5.96 Å². The molecule has 0 aliphatic rings. The van der Waals surface area contributed by atoms with Crippen LogP contribution in [0.5, 0.6) is 0 Å². The lowest BCUT2D eigenvalue weighted by molar-refractivity contribution is -0.114. The van der Waals surface area contributed by atoms with E-state index in [1.807, 2.05) is 26.0 Å². The van der Waals surface area contributed by atoms with E-state index in [0.717, 1.165) is 11.4 Å². The normalized spacial score (nSPS) is 11.3. The van der Waals surface area contributed by atoms with Crippen LogP contribution < -0.4 is 21.9 Å². The lowest BCUT2D eigenvalue weighted by atomic mass is 10.3. The fourth-order valence-electron chi connectivity index (χ4n) is 1.34. The summed E-state index contributed by atoms with van der Waals surface area (Å²) in [6.07, 6.45) is 0. The number of hydrogen-bond donors (Lipinski definition) is 4. The summed E-state index contributed by atoms with van der Waals surface area (Å²) in [5.74, 6) is 5.77. The molecule has 5 N–H and O–H groups in total. The summed E-state index contributed by atoms with van der Waals surface area (Å²) in [5.41, 5.74) is 4.08. The maximum atomic E-state index is 10.9. The topological polar surface area (TPSA) is 91.5 Å². The first-order valence-corrected chi connectivity index (χ1v) is 5.70. The van der Waals surface area contributed by atoms with Gasteiger partial charge >= 0.3 is 0 Å². The zero-order chi connectivity index (χ0) is 13.5. The van der Waals surface area contributed by atoms with Crippen LogP contribution in [0.2, 0.25) is 0 Å². The van der Waals surface area contributed by atoms with E-state index in [1.54, 1.807) is 12.1 Å². The molecule has 0 atom stereocenters. The van der Waals surface area contributed by atoms with Crippen LogP contribution in [0, 0.1) is 0 Å². The van der Waals surface area contributed by atoms with Gasteiger partial charge in [-0.15, -0.1) is 0 Å². The van der Waals surface area contributed by atoms with Gasteiger partial charge in [-0.1, -0.05) is 0 Å². The van der Waals surface area contributed by atoms with Crippen molar-refractivity contribution < 1.29 is 4.79 Å². The molecule has 0 fully saturated rings. The standard InChI is InChI=1S/C12H19N5O/c1-8(2)14-12(17-13)16-11-6-4-10(5-7-11)15-9(3)18/h4-8H,13H2,1-3H3,(H,15,18)(H2,14,16,17). The average molecular weight is 249 g/mol. The highest BCUT2D eigenvalue weighted by molar-refractivity contribution is 5.94. The maximum absolute atomic E-state index is 10.9. The molecular formula is C12H19N5O. The molecule has 0 saturated carbocycles. The third-order valence-electron chi connectivity index (χ3n) is 1.99. The number of hydrogen-bond acceptors (Lipinski definition) is 3. The number of rotatable bonds is 3. The second kappa shape index (κ2) is 6.61. The van der Waals surface area contributed by atoms with Crippen LogP contribution in [0.15, 0.2) is 29.3 Å². The van der Waals surface area contributed by atoms with E-state index >= 15 is 0 Å². The zero-order valence-corrected chi connectivity index (χ0v) is 10.8. The highest BCUT2D eigenvalue weighted by Crippen LogP contribution is 2.13. The third kappa shape index (κ3) is 4.84. The number of nitrogens with two attached hydrogens (primary N) is 1. The van der Waals surface area contributed by atoms with Crippen molar-refractivity contribution in [2.24, 2.45) is 10.8 Å². The molecule has 0 spiro atoms. The minimum Gasteiger partial charge on any atom is -0.326 e. The van der Waals surface area contributed by atoms with E-state index in [4.69, 9.17) is 5.84 Å². The molecule has 0 saturated heterocycles. The summed E-state index contributed by atoms with van der Waals surface area (Å²) in [4.78, 5) is 15.1. The van der Waals surface area contributed by atoms with Crippen LogP contribution in [0.25, 0.3) is 0 Å². The number of carbonyl (C=O) groups excluding carboxylic acids is 1. The smallest absolute Gasteiger partial charge is 0.221 e. The Labute approximate surface area is 107 Å². The number of anilines is 2. The minimum atomic E-state index is -0.0959. The molecule has 1 aromatic rings. The van der Waals surface area contributed by atoms with Gasteiger partial charge < -0.3 is 10.6 Å². The number of amides is 1. The quantitative estimate of drug-likeness (QED) is 0.281. The molecule has 0 bridgehead atoms. The van der Waals surface area contributed by atoms with Crippen LogP contribution in [0.3, 0.4) is 0 Å². The molecule has 6 heteroatoms. The van der Waals surface area contributed by atoms with E-state index in [9.17, 15) is 4.79 Å². The fraction of sp³-hybridized carbons (Fsp3) is 0.333. The maximum Gasteiger partial charge on any atom is 0.221 e. The SMILES string of the molecule is CC(=O)Nc1ccc(NC(=NC(C)C)NN)cc1. The summed E-state index contributed by atoms with van der Waals surface area (Å²) >= 11 is 0. The molecule has 0 aromatic heterocycles. The third-order valence-corrected chi connectivity index (χ3v) is 1.99. The molecule has 1 aromatic carbocycles. The van der Waals surface area contributed by atoms with Gasteiger partial charge in [0.15, 0.2) is 0 Å². The van der Waals surface area contributed by atoms with Crippen molar-refractivity contribution >= 4 is 23.2 Å². The number of nitrogens with zero attached hydrogens (tertiary/aromatic N) is 1. The summed E-state index contributed by atoms with van der Waals surface area (Å²) in [6.45, 7) is 5.38. The Bertz CT molecular complexity index is 425. The van der Waals surface area contributed by atoms with Crippen molar-refractivity contribution in [2.75, 3.05) is 10.6 Å². The lowest BCUT2D eigenvalue weighted by Crippen LogP contribution is -2.36. The molecule has 6 nitrogen and oxygen atoms in total. The lowest BCUT2D eigenvalue weighted by Gasteiger charge is -2.11. The summed E-state index contributed by atoms with van der Waals surface area (Å²) in [5, 5.41) is 5.74. The van der Waals surface area contributed by atoms with Gasteiger partial charge in [-0.3, -0.25) is 10.2 Å². The molecule has 0 heterocycles. The van der Waals surface area contributed by atoms with Crippen LogP contribution in [0.4, 0.5) is 11.4 Å². The van der Waals surface area contributed by atoms with Crippen LogP contribution in [-0.4, -0.2) is 17.9 Å². The molecule has 18 heavy (non-hydrogen) atoms. The Morgan fingerprint density at radius 3 is 2.06 bits per heavy atom. The summed E-state index contributed by atoms with van der Waals surface area (Å²) in [7, 11) is 0. The van der Waals surface area contributed by atoms with Gasteiger partial charge in [0.05, 0.1) is 0 Å². The van der Waals surface area contributed by atoms with Gasteiger partial charge in [0.2, 0.25) is 11.9 Å². The van der Waals surface area contributed by atoms with Crippen molar-refractivity contribution in [2.45, 2.75) is 26.8 Å². The minimum absolute atomic E-state index is 0.0959. The van der Waals surface area contributed by atoms with Crippen LogP contribution in [0.1, 0.15) is 20.8 Å². The second-order valence-corrected chi connectivity index (χ2v) is 4.10. The van der Waals surface area contributed by atoms with E-state index in [1.165, 1.54) is 6.92 Å². The predicted molar refractivity (Wildman–Crippen MR) is 74.3 cm³/mol. The zero-order valence-electron chi connectivity index (χ0n) is 10.8. The van der Waals surface area contributed by atoms with Gasteiger partial charge in [-0.25, -0.2) is 10.8 Å². The average Bonchev–Trinajstić information content (AvgIpc) is 2.29. The van der Waals surface area contributed by atoms with Crippen molar-refractivity contribution in [3.8, 4) is 0 Å². The van der Waals surface area contributed by atoms with Crippen LogP contribution in [-0.2, 0) is 4.79 Å². The Morgan fingerprint density at radius 1 is 1.17 bits per heavy atom. The summed E-state index contributed by atoms with van der Waals surface area (Å²) < 4.78 is 0. The van der Waals surface area contributed by atoms with Crippen LogP contribution >= 0.6 is 0 Å². The fourth-order valence-corrected chi connectivity index (χ4v) is 1.34. The number of guanidine groups is 1. The Morgan fingerprint density at radius 2 is 1.67 bits per heavy atom. The first-order chi connectivity index (χ1) is 8.51. The van der Waals surface area contributed by atoms with Crippen molar-refractivity contribution in [1.82, 2.24) is 5.43 Å². The Hall–Kier alpha value is -2.08. The number of benzene rings is 1. The van der Waals surface area contributed by atoms with Crippen molar-refractivity contribution in [1.29, 1.82) is 0 Å². The molecular weight excluding hydrogens is 230 g/mol. The number of hydrazine groups is 1. The van der Waals surface area contributed by atoms with Gasteiger partial charge in [0.1, 0.15) is 0 Å². The Kier molecular flexibility index (Phi) is 5.13. The molecule has 1 rings (SSSR count). The number of nitrogens with one attached hydrogen (secondary N) is 3. The monoisotopic (exact) mass is 249 g/mol. The molecule has 0 unspecified atom stereocenters.